The summed E-state index contributed by atoms with van der Waals surface area (Å²) in [6.07, 6.45) is 12.5. The second-order valence-corrected chi connectivity index (χ2v) is 22.8. The molecule has 7 fully saturated rings. The number of rotatable bonds is 18. The van der Waals surface area contributed by atoms with E-state index in [0.29, 0.717) is 24.9 Å². The van der Waals surface area contributed by atoms with Gasteiger partial charge in [-0.3, -0.25) is 4.79 Å². The van der Waals surface area contributed by atoms with Crippen molar-refractivity contribution in [1.82, 2.24) is 0 Å². The van der Waals surface area contributed by atoms with Gasteiger partial charge < -0.3 is 58.3 Å². The molecule has 382 valence electrons. The molecular weight excluding hydrogens is 861 g/mol. The van der Waals surface area contributed by atoms with Gasteiger partial charge in [0.2, 0.25) is 0 Å². The molecule has 8 aliphatic rings. The van der Waals surface area contributed by atoms with Gasteiger partial charge in [-0.05, 0) is 120 Å². The van der Waals surface area contributed by atoms with Crippen LogP contribution in [0.4, 0.5) is 0 Å². The van der Waals surface area contributed by atoms with Crippen molar-refractivity contribution < 1.29 is 67.9 Å². The molecule has 3 saturated heterocycles. The Balaban J connectivity index is 0.748. The van der Waals surface area contributed by atoms with Crippen LogP contribution in [0.1, 0.15) is 183 Å². The molecule has 4 aliphatic carbocycles. The van der Waals surface area contributed by atoms with Crippen LogP contribution < -0.4 is 0 Å². The summed E-state index contributed by atoms with van der Waals surface area (Å²) < 4.78 is 48.8. The predicted octanol–water partition coefficient (Wildman–Crippen LogP) is 7.72. The fraction of sp³-hybridized carbons (Fsp3) is 0.925. The molecule has 0 bridgehead atoms. The first-order valence-electron chi connectivity index (χ1n) is 26.8. The Morgan fingerprint density at radius 2 is 1.24 bits per heavy atom. The molecule has 0 aromatic heterocycles. The Morgan fingerprint density at radius 1 is 0.672 bits per heavy atom. The molecule has 8 rings (SSSR count). The largest absolute Gasteiger partial charge is 0.458 e. The van der Waals surface area contributed by atoms with Gasteiger partial charge in [0.15, 0.2) is 25.0 Å². The Hall–Kier alpha value is -1.72. The molecule has 0 aromatic carbocycles. The van der Waals surface area contributed by atoms with Crippen LogP contribution in [-0.4, -0.2) is 124 Å². The molecule has 4 aliphatic heterocycles. The third kappa shape index (κ3) is 11.0. The highest BCUT2D eigenvalue weighted by atomic mass is 16.7. The molecule has 4 saturated carbocycles. The molecule has 14 nitrogen and oxygen atoms in total. The highest BCUT2D eigenvalue weighted by Gasteiger charge is 2.68. The Bertz CT molecular complexity index is 1660. The zero-order valence-electron chi connectivity index (χ0n) is 41.5. The van der Waals surface area contributed by atoms with E-state index in [-0.39, 0.29) is 60.0 Å². The normalized spacial score (nSPS) is 46.5. The zero-order valence-corrected chi connectivity index (χ0v) is 41.5. The molecule has 20 atom stereocenters. The monoisotopic (exact) mass is 947 g/mol. The molecule has 0 amide bonds. The van der Waals surface area contributed by atoms with Crippen LogP contribution in [0.25, 0.3) is 0 Å². The number of carbonyl (C=O) groups is 2. The summed E-state index contributed by atoms with van der Waals surface area (Å²) in [6, 6.07) is 0. The lowest BCUT2D eigenvalue weighted by molar-refractivity contribution is -0.336. The molecule has 0 spiro atoms. The van der Waals surface area contributed by atoms with E-state index in [0.717, 1.165) is 82.6 Å². The van der Waals surface area contributed by atoms with E-state index in [4.69, 9.17) is 37.9 Å². The van der Waals surface area contributed by atoms with Crippen molar-refractivity contribution in [3.63, 3.8) is 0 Å². The van der Waals surface area contributed by atoms with Gasteiger partial charge >= 0.3 is 11.9 Å². The lowest BCUT2D eigenvalue weighted by atomic mass is 9.43. The minimum atomic E-state index is -0.981. The molecular formula is C53H86O14. The lowest BCUT2D eigenvalue weighted by Crippen LogP contribution is -2.62. The summed E-state index contributed by atoms with van der Waals surface area (Å²) >= 11 is 0. The molecule has 67 heavy (non-hydrogen) atoms. The van der Waals surface area contributed by atoms with E-state index >= 15 is 0 Å². The van der Waals surface area contributed by atoms with Crippen molar-refractivity contribution >= 4 is 11.9 Å². The minimum Gasteiger partial charge on any atom is -0.458 e. The topological polar surface area (TPSA) is 189 Å². The summed E-state index contributed by atoms with van der Waals surface area (Å²) in [4.78, 5) is 24.6. The molecule has 4 N–H and O–H groups in total. The number of unbranched alkanes of at least 4 members (excludes halogenated alkanes) is 8. The van der Waals surface area contributed by atoms with E-state index in [1.807, 2.05) is 6.92 Å². The number of carbonyl (C=O) groups excluding carboxylic acids is 2. The van der Waals surface area contributed by atoms with E-state index in [2.05, 4.69) is 20.8 Å². The van der Waals surface area contributed by atoms with E-state index < -0.39 is 79.4 Å². The summed E-state index contributed by atoms with van der Waals surface area (Å²) in [5.74, 6) is 0.767. The first-order chi connectivity index (χ1) is 32.0. The number of cyclic esters (lactones) is 1. The van der Waals surface area contributed by atoms with Gasteiger partial charge in [0.25, 0.3) is 0 Å². The van der Waals surface area contributed by atoms with Gasteiger partial charge in [-0.1, -0.05) is 72.1 Å². The first kappa shape index (κ1) is 51.6. The smallest absolute Gasteiger partial charge is 0.331 e. The Kier molecular flexibility index (Phi) is 16.9. The molecule has 0 unspecified atom stereocenters. The van der Waals surface area contributed by atoms with Gasteiger partial charge in [-0.15, -0.1) is 0 Å². The number of hydrogen-bond acceptors (Lipinski definition) is 14. The lowest BCUT2D eigenvalue weighted by Gasteiger charge is -2.64. The van der Waals surface area contributed by atoms with E-state index in [9.17, 15) is 30.0 Å². The number of fused-ring (bicyclic) bond motifs is 5. The van der Waals surface area contributed by atoms with E-state index in [1.165, 1.54) is 38.5 Å². The average molecular weight is 947 g/mol. The maximum atomic E-state index is 12.6. The van der Waals surface area contributed by atoms with Crippen molar-refractivity contribution in [3.8, 4) is 0 Å². The van der Waals surface area contributed by atoms with Crippen molar-refractivity contribution in [1.29, 1.82) is 0 Å². The fourth-order valence-corrected chi connectivity index (χ4v) is 14.7. The van der Waals surface area contributed by atoms with Gasteiger partial charge in [0, 0.05) is 37.2 Å². The minimum absolute atomic E-state index is 0.0123. The Morgan fingerprint density at radius 3 is 1.81 bits per heavy atom. The van der Waals surface area contributed by atoms with Crippen LogP contribution in [0, 0.1) is 34.5 Å². The summed E-state index contributed by atoms with van der Waals surface area (Å²) in [7, 11) is 0. The van der Waals surface area contributed by atoms with Gasteiger partial charge in [0.1, 0.15) is 18.8 Å². The van der Waals surface area contributed by atoms with E-state index in [1.54, 1.807) is 19.9 Å². The zero-order chi connectivity index (χ0) is 47.7. The average Bonchev–Trinajstić information content (AvgIpc) is 3.83. The number of esters is 2. The van der Waals surface area contributed by atoms with Gasteiger partial charge in [-0.25, -0.2) is 4.79 Å². The van der Waals surface area contributed by atoms with Crippen LogP contribution in [-0.2, 0) is 47.5 Å². The number of aliphatic hydroxyl groups is 4. The highest BCUT2D eigenvalue weighted by Crippen LogP contribution is 2.70. The van der Waals surface area contributed by atoms with Crippen LogP contribution in [0.5, 0.6) is 0 Å². The third-order valence-electron chi connectivity index (χ3n) is 18.6. The summed E-state index contributed by atoms with van der Waals surface area (Å²) in [5, 5.41) is 46.3. The number of ether oxygens (including phenoxy) is 8. The van der Waals surface area contributed by atoms with Crippen LogP contribution in [0.2, 0.25) is 0 Å². The SMILES string of the molecule is CCCCCCCCCCCC(=O)O[C@H]1[C@@H](O)C[C@H](O[C@H]2[C@@H](O)C[C@H](O[C@H]3[C@@H](O)C[C@H](O[C@H]4CC[C@@]5(C)[C@H](CC[C@@H]6[C@@H]5CC[C@]5(C)[C@@H](C7=CC(=O)OC7)CC[C@]65O)C4)O[C@@H]3C)O[C@@H]2C)O[C@@H]1C. The molecule has 4 heterocycles. The quantitative estimate of drug-likeness (QED) is 0.0594. The van der Waals surface area contributed by atoms with Crippen molar-refractivity contribution in [2.24, 2.45) is 34.5 Å². The van der Waals surface area contributed by atoms with Crippen LogP contribution in [0.3, 0.4) is 0 Å². The molecule has 0 radical (unpaired) electrons. The maximum Gasteiger partial charge on any atom is 0.331 e. The third-order valence-corrected chi connectivity index (χ3v) is 18.6. The molecule has 0 aromatic rings. The molecule has 14 heteroatoms. The highest BCUT2D eigenvalue weighted by molar-refractivity contribution is 5.85. The van der Waals surface area contributed by atoms with Crippen molar-refractivity contribution in [2.75, 3.05) is 6.61 Å². The van der Waals surface area contributed by atoms with Crippen molar-refractivity contribution in [3.05, 3.63) is 11.6 Å². The fourth-order valence-electron chi connectivity index (χ4n) is 14.7. The maximum absolute atomic E-state index is 12.6. The van der Waals surface area contributed by atoms with Gasteiger partial charge in [-0.2, -0.15) is 0 Å². The number of aliphatic hydroxyl groups excluding tert-OH is 3. The second kappa shape index (κ2) is 22.0. The second-order valence-electron chi connectivity index (χ2n) is 22.8. The Labute approximate surface area is 399 Å². The van der Waals surface area contributed by atoms with Crippen LogP contribution >= 0.6 is 0 Å². The standard InChI is InChI=1S/C53H86O14/c1-7-8-9-10-11-12-13-14-15-16-43(57)65-48-31(2)62-46(28-40(48)54)66-50-33(4)63-47(29-42(50)56)67-49-32(3)61-45(27-41(49)55)64-36-19-22-51(5)35(26-36)17-18-39-38(51)20-23-52(6)37(21-24-53(39,52)59)34-25-44(58)60-30-34/h25,31-33,35-42,45-50,54-56,59H,7-24,26-30H2,1-6H3/t31-,32-,33-,35-,36+,37-,38+,39-,40+,41+,42+,45+,46+,47+,48-,49-,50-,51+,52-,53+/m1/s1. The van der Waals surface area contributed by atoms with Gasteiger partial charge in [0.05, 0.1) is 48.3 Å². The van der Waals surface area contributed by atoms with Crippen LogP contribution in [0.15, 0.2) is 11.6 Å². The summed E-state index contributed by atoms with van der Waals surface area (Å²) in [6.45, 7) is 12.7. The predicted molar refractivity (Wildman–Crippen MR) is 247 cm³/mol. The summed E-state index contributed by atoms with van der Waals surface area (Å²) in [5.41, 5.74) is 0.186. The van der Waals surface area contributed by atoms with Crippen molar-refractivity contribution in [2.45, 2.75) is 268 Å². The first-order valence-corrected chi connectivity index (χ1v) is 26.8. The number of hydrogen-bond donors (Lipinski definition) is 4.